The maximum Gasteiger partial charge on any atom is 0.460 e. The Morgan fingerprint density at radius 2 is 1.60 bits per heavy atom. The van der Waals surface area contributed by atoms with E-state index in [1.54, 1.807) is 6.92 Å². The molecular formula is C19H31BO5. The molecule has 6 heteroatoms. The fourth-order valence-corrected chi connectivity index (χ4v) is 2.67. The first-order chi connectivity index (χ1) is 11.6. The highest BCUT2D eigenvalue weighted by molar-refractivity contribution is 6.45. The molecule has 1 heterocycles. The van der Waals surface area contributed by atoms with Gasteiger partial charge in [0.05, 0.1) is 23.4 Å². The molecule has 0 aliphatic carbocycles. The van der Waals surface area contributed by atoms with Gasteiger partial charge in [0.15, 0.2) is 0 Å². The third kappa shape index (κ3) is 5.71. The van der Waals surface area contributed by atoms with Gasteiger partial charge >= 0.3 is 7.12 Å². The van der Waals surface area contributed by atoms with Crippen molar-refractivity contribution in [2.45, 2.75) is 77.2 Å². The minimum Gasteiger partial charge on any atom is -0.491 e. The molecular weight excluding hydrogens is 319 g/mol. The van der Waals surface area contributed by atoms with Crippen molar-refractivity contribution in [2.75, 3.05) is 6.61 Å². The van der Waals surface area contributed by atoms with Crippen LogP contribution in [0.5, 0.6) is 5.75 Å². The van der Waals surface area contributed by atoms with E-state index in [1.165, 1.54) is 0 Å². The minimum atomic E-state index is -0.662. The van der Waals surface area contributed by atoms with E-state index in [-0.39, 0.29) is 23.9 Å². The molecule has 25 heavy (non-hydrogen) atoms. The number of benzene rings is 1. The number of rotatable bonds is 8. The van der Waals surface area contributed by atoms with Gasteiger partial charge in [0.2, 0.25) is 0 Å². The monoisotopic (exact) mass is 350 g/mol. The molecule has 1 aliphatic rings. The lowest BCUT2D eigenvalue weighted by molar-refractivity contribution is 0.00578. The van der Waals surface area contributed by atoms with Crippen LogP contribution in [0.15, 0.2) is 24.3 Å². The van der Waals surface area contributed by atoms with Crippen molar-refractivity contribution in [1.29, 1.82) is 0 Å². The fourth-order valence-electron chi connectivity index (χ4n) is 2.67. The summed E-state index contributed by atoms with van der Waals surface area (Å²) < 4.78 is 17.4. The van der Waals surface area contributed by atoms with Crippen molar-refractivity contribution >= 4 is 7.12 Å². The Balaban J connectivity index is 1.76. The summed E-state index contributed by atoms with van der Waals surface area (Å²) in [6.45, 7) is 9.96. The molecule has 1 aromatic carbocycles. The zero-order valence-electron chi connectivity index (χ0n) is 16.0. The molecule has 0 aromatic heterocycles. The van der Waals surface area contributed by atoms with Gasteiger partial charge in [0.1, 0.15) is 12.4 Å². The van der Waals surface area contributed by atoms with Gasteiger partial charge in [0.25, 0.3) is 0 Å². The summed E-state index contributed by atoms with van der Waals surface area (Å²) in [5, 5.41) is 19.5. The van der Waals surface area contributed by atoms with E-state index in [9.17, 15) is 10.2 Å². The van der Waals surface area contributed by atoms with Gasteiger partial charge in [-0.15, -0.1) is 0 Å². The standard InChI is InChI=1S/C19H31BO5/c1-14(21)6-7-15-8-10-17(11-9-15)23-13-16(22)12-20-24-18(2,3)19(4,5)25-20/h8-11,14,16,21-22H,6-7,12-13H2,1-5H3. The van der Waals surface area contributed by atoms with Crippen LogP contribution in [0.2, 0.25) is 6.32 Å². The van der Waals surface area contributed by atoms with Crippen molar-refractivity contribution in [2.24, 2.45) is 0 Å². The lowest BCUT2D eigenvalue weighted by Gasteiger charge is -2.32. The van der Waals surface area contributed by atoms with E-state index in [0.29, 0.717) is 12.1 Å². The topological polar surface area (TPSA) is 68.2 Å². The van der Waals surface area contributed by atoms with E-state index < -0.39 is 13.2 Å². The van der Waals surface area contributed by atoms with Crippen LogP contribution < -0.4 is 4.74 Å². The van der Waals surface area contributed by atoms with Gasteiger partial charge in [-0.05, 0) is 65.2 Å². The second-order valence-corrected chi connectivity index (χ2v) is 7.92. The van der Waals surface area contributed by atoms with E-state index >= 15 is 0 Å². The number of hydrogen-bond donors (Lipinski definition) is 2. The SMILES string of the molecule is CC(O)CCc1ccc(OCC(O)CB2OC(C)(C)C(C)(C)O2)cc1. The normalized spacial score (nSPS) is 21.2. The Morgan fingerprint density at radius 1 is 1.04 bits per heavy atom. The molecule has 140 valence electrons. The van der Waals surface area contributed by atoms with Gasteiger partial charge < -0.3 is 24.3 Å². The Hall–Kier alpha value is -1.08. The number of aliphatic hydroxyl groups is 2. The van der Waals surface area contributed by atoms with Crippen LogP contribution in [0.4, 0.5) is 0 Å². The highest BCUT2D eigenvalue weighted by atomic mass is 16.7. The predicted octanol–water partition coefficient (Wildman–Crippen LogP) is 2.83. The zero-order chi connectivity index (χ0) is 18.7. The lowest BCUT2D eigenvalue weighted by Crippen LogP contribution is -2.41. The average Bonchev–Trinajstić information content (AvgIpc) is 2.71. The minimum absolute atomic E-state index is 0.192. The number of hydrogen-bond acceptors (Lipinski definition) is 5. The Bertz CT molecular complexity index is 525. The smallest absolute Gasteiger partial charge is 0.460 e. The molecule has 5 nitrogen and oxygen atoms in total. The highest BCUT2D eigenvalue weighted by Crippen LogP contribution is 2.37. The molecule has 1 saturated heterocycles. The third-order valence-corrected chi connectivity index (χ3v) is 4.98. The quantitative estimate of drug-likeness (QED) is 0.706. The van der Waals surface area contributed by atoms with Gasteiger partial charge in [0, 0.05) is 6.32 Å². The summed E-state index contributed by atoms with van der Waals surface area (Å²) >= 11 is 0. The van der Waals surface area contributed by atoms with E-state index in [0.717, 1.165) is 18.4 Å². The second kappa shape index (κ2) is 8.08. The lowest BCUT2D eigenvalue weighted by atomic mass is 9.82. The largest absolute Gasteiger partial charge is 0.491 e. The summed E-state index contributed by atoms with van der Waals surface area (Å²) in [7, 11) is -0.425. The van der Waals surface area contributed by atoms with Crippen LogP contribution in [-0.4, -0.2) is 47.3 Å². The highest BCUT2D eigenvalue weighted by Gasteiger charge is 2.51. The number of aliphatic hydroxyl groups excluding tert-OH is 2. The molecule has 0 saturated carbocycles. The predicted molar refractivity (Wildman–Crippen MR) is 98.8 cm³/mol. The van der Waals surface area contributed by atoms with E-state index in [2.05, 4.69) is 0 Å². The van der Waals surface area contributed by atoms with Crippen molar-refractivity contribution < 1.29 is 24.3 Å². The maximum atomic E-state index is 10.2. The Kier molecular flexibility index (Phi) is 6.54. The second-order valence-electron chi connectivity index (χ2n) is 7.92. The number of aryl methyl sites for hydroxylation is 1. The van der Waals surface area contributed by atoms with Crippen LogP contribution in [0.3, 0.4) is 0 Å². The van der Waals surface area contributed by atoms with E-state index in [1.807, 2.05) is 52.0 Å². The molecule has 2 rings (SSSR count). The first kappa shape index (κ1) is 20.2. The zero-order valence-corrected chi connectivity index (χ0v) is 16.0. The molecule has 1 aromatic rings. The molecule has 2 atom stereocenters. The van der Waals surface area contributed by atoms with E-state index in [4.69, 9.17) is 14.0 Å². The van der Waals surface area contributed by atoms with Gasteiger partial charge in [-0.25, -0.2) is 0 Å². The Labute approximate surface area is 151 Å². The van der Waals surface area contributed by atoms with Crippen LogP contribution in [0.1, 0.15) is 46.6 Å². The van der Waals surface area contributed by atoms with Crippen molar-refractivity contribution in [3.63, 3.8) is 0 Å². The molecule has 2 N–H and O–H groups in total. The first-order valence-corrected chi connectivity index (χ1v) is 9.02. The van der Waals surface area contributed by atoms with Crippen molar-refractivity contribution in [3.05, 3.63) is 29.8 Å². The van der Waals surface area contributed by atoms with Gasteiger partial charge in [-0.2, -0.15) is 0 Å². The summed E-state index contributed by atoms with van der Waals surface area (Å²) in [5.41, 5.74) is 0.381. The van der Waals surface area contributed by atoms with Gasteiger partial charge in [-0.3, -0.25) is 0 Å². The van der Waals surface area contributed by atoms with Crippen molar-refractivity contribution in [3.8, 4) is 5.75 Å². The molecule has 0 bridgehead atoms. The molecule has 1 aliphatic heterocycles. The fraction of sp³-hybridized carbons (Fsp3) is 0.684. The summed E-state index contributed by atoms with van der Waals surface area (Å²) in [6, 6.07) is 7.74. The van der Waals surface area contributed by atoms with Crippen LogP contribution in [-0.2, 0) is 15.7 Å². The molecule has 0 amide bonds. The molecule has 0 spiro atoms. The molecule has 0 radical (unpaired) electrons. The summed E-state index contributed by atoms with van der Waals surface area (Å²) in [6.07, 6.45) is 1.00. The average molecular weight is 350 g/mol. The van der Waals surface area contributed by atoms with Gasteiger partial charge in [-0.1, -0.05) is 12.1 Å². The van der Waals surface area contributed by atoms with Crippen LogP contribution in [0, 0.1) is 0 Å². The van der Waals surface area contributed by atoms with Crippen LogP contribution in [0.25, 0.3) is 0 Å². The summed E-state index contributed by atoms with van der Waals surface area (Å²) in [5.74, 6) is 0.716. The van der Waals surface area contributed by atoms with Crippen molar-refractivity contribution in [1.82, 2.24) is 0 Å². The molecule has 1 fully saturated rings. The Morgan fingerprint density at radius 3 is 2.12 bits per heavy atom. The maximum absolute atomic E-state index is 10.2. The molecule has 2 unspecified atom stereocenters. The third-order valence-electron chi connectivity index (χ3n) is 4.98. The van der Waals surface area contributed by atoms with Crippen LogP contribution >= 0.6 is 0 Å². The number of ether oxygens (including phenoxy) is 1. The summed E-state index contributed by atoms with van der Waals surface area (Å²) in [4.78, 5) is 0. The first-order valence-electron chi connectivity index (χ1n) is 9.02.